The highest BCUT2D eigenvalue weighted by Crippen LogP contribution is 2.49. The summed E-state index contributed by atoms with van der Waals surface area (Å²) in [5, 5.41) is 0.791. The SMILES string of the molecule is CN1CCC2C(C1)c1cccc(Sc3ccc(Cl)cc3)c1N2C. The molecule has 2 unspecified atom stereocenters. The Morgan fingerprint density at radius 1 is 1.09 bits per heavy atom. The predicted molar refractivity (Wildman–Crippen MR) is 99.1 cm³/mol. The average molecular weight is 345 g/mol. The first-order valence-corrected chi connectivity index (χ1v) is 9.30. The van der Waals surface area contributed by atoms with Crippen molar-refractivity contribution in [2.45, 2.75) is 28.2 Å². The molecular weight excluding hydrogens is 324 g/mol. The monoisotopic (exact) mass is 344 g/mol. The van der Waals surface area contributed by atoms with Crippen LogP contribution in [0.4, 0.5) is 5.69 Å². The van der Waals surface area contributed by atoms with Gasteiger partial charge in [-0.05, 0) is 55.9 Å². The summed E-state index contributed by atoms with van der Waals surface area (Å²) in [6, 6.07) is 15.5. The average Bonchev–Trinajstić information content (AvgIpc) is 2.83. The van der Waals surface area contributed by atoms with Crippen LogP contribution in [-0.4, -0.2) is 38.1 Å². The Morgan fingerprint density at radius 3 is 2.65 bits per heavy atom. The van der Waals surface area contributed by atoms with E-state index in [2.05, 4.69) is 54.2 Å². The lowest BCUT2D eigenvalue weighted by molar-refractivity contribution is 0.234. The molecule has 2 nitrogen and oxygen atoms in total. The molecule has 2 atom stereocenters. The van der Waals surface area contributed by atoms with E-state index in [4.69, 9.17) is 11.6 Å². The van der Waals surface area contributed by atoms with Crippen LogP contribution < -0.4 is 4.90 Å². The number of likely N-dealkylation sites (tertiary alicyclic amines) is 1. The van der Waals surface area contributed by atoms with Crippen LogP contribution in [-0.2, 0) is 0 Å². The Morgan fingerprint density at radius 2 is 1.87 bits per heavy atom. The van der Waals surface area contributed by atoms with Gasteiger partial charge in [0.25, 0.3) is 0 Å². The van der Waals surface area contributed by atoms with Crippen LogP contribution in [0.25, 0.3) is 0 Å². The first-order valence-electron chi connectivity index (χ1n) is 8.11. The van der Waals surface area contributed by atoms with E-state index in [1.807, 2.05) is 23.9 Å². The lowest BCUT2D eigenvalue weighted by Gasteiger charge is -2.35. The third-order valence-electron chi connectivity index (χ3n) is 5.10. The van der Waals surface area contributed by atoms with Gasteiger partial charge in [-0.3, -0.25) is 0 Å². The summed E-state index contributed by atoms with van der Waals surface area (Å²) in [5.41, 5.74) is 2.95. The molecule has 2 aromatic rings. The minimum atomic E-state index is 0.638. The van der Waals surface area contributed by atoms with Crippen molar-refractivity contribution in [1.29, 1.82) is 0 Å². The molecule has 2 heterocycles. The van der Waals surface area contributed by atoms with Crippen LogP contribution in [0.15, 0.2) is 52.3 Å². The van der Waals surface area contributed by atoms with Gasteiger partial charge in [-0.1, -0.05) is 35.5 Å². The normalized spacial score (nSPS) is 23.7. The van der Waals surface area contributed by atoms with Gasteiger partial charge in [0, 0.05) is 40.4 Å². The largest absolute Gasteiger partial charge is 0.370 e. The van der Waals surface area contributed by atoms with E-state index in [1.54, 1.807) is 0 Å². The fraction of sp³-hybridized carbons (Fsp3) is 0.368. The number of anilines is 1. The molecule has 0 bridgehead atoms. The zero-order valence-electron chi connectivity index (χ0n) is 13.5. The first-order chi connectivity index (χ1) is 11.1. The van der Waals surface area contributed by atoms with Crippen molar-refractivity contribution < 1.29 is 0 Å². The Hall–Kier alpha value is -1.16. The number of para-hydroxylation sites is 1. The number of fused-ring (bicyclic) bond motifs is 3. The van der Waals surface area contributed by atoms with Crippen LogP contribution in [0.2, 0.25) is 5.02 Å². The van der Waals surface area contributed by atoms with Gasteiger partial charge in [0.15, 0.2) is 0 Å². The zero-order chi connectivity index (χ0) is 16.0. The molecule has 0 aliphatic carbocycles. The number of benzene rings is 2. The molecule has 1 saturated heterocycles. The maximum absolute atomic E-state index is 6.01. The fourth-order valence-corrected chi connectivity index (χ4v) is 5.12. The highest BCUT2D eigenvalue weighted by molar-refractivity contribution is 7.99. The van der Waals surface area contributed by atoms with E-state index in [1.165, 1.54) is 34.0 Å². The molecule has 4 heteroatoms. The summed E-state index contributed by atoms with van der Waals surface area (Å²) in [4.78, 5) is 7.57. The minimum Gasteiger partial charge on any atom is -0.370 e. The fourth-order valence-electron chi connectivity index (χ4n) is 3.97. The van der Waals surface area contributed by atoms with E-state index < -0.39 is 0 Å². The van der Waals surface area contributed by atoms with Crippen LogP contribution in [0.1, 0.15) is 17.9 Å². The predicted octanol–water partition coefficient (Wildman–Crippen LogP) is 4.73. The third-order valence-corrected chi connectivity index (χ3v) is 6.41. The first kappa shape index (κ1) is 15.4. The van der Waals surface area contributed by atoms with E-state index in [0.717, 1.165) is 11.6 Å². The lowest BCUT2D eigenvalue weighted by atomic mass is 9.89. The van der Waals surface area contributed by atoms with Crippen molar-refractivity contribution in [2.75, 3.05) is 32.1 Å². The van der Waals surface area contributed by atoms with Gasteiger partial charge in [0.05, 0.1) is 5.69 Å². The van der Waals surface area contributed by atoms with Crippen molar-refractivity contribution >= 4 is 29.1 Å². The molecule has 23 heavy (non-hydrogen) atoms. The van der Waals surface area contributed by atoms with Crippen LogP contribution in [0.3, 0.4) is 0 Å². The smallest absolute Gasteiger partial charge is 0.0544 e. The molecule has 0 saturated carbocycles. The Balaban J connectivity index is 1.70. The Labute approximate surface area is 147 Å². The molecule has 0 aromatic heterocycles. The molecule has 2 aliphatic rings. The summed E-state index contributed by atoms with van der Waals surface area (Å²) in [7, 11) is 4.50. The number of rotatable bonds is 2. The highest BCUT2D eigenvalue weighted by atomic mass is 35.5. The zero-order valence-corrected chi connectivity index (χ0v) is 15.1. The topological polar surface area (TPSA) is 6.48 Å². The lowest BCUT2D eigenvalue weighted by Crippen LogP contribution is -2.43. The number of hydrogen-bond acceptors (Lipinski definition) is 3. The van der Waals surface area contributed by atoms with Gasteiger partial charge in [0.2, 0.25) is 0 Å². The molecule has 0 radical (unpaired) electrons. The number of hydrogen-bond donors (Lipinski definition) is 0. The minimum absolute atomic E-state index is 0.638. The second-order valence-corrected chi connectivity index (χ2v) is 8.14. The molecule has 2 aliphatic heterocycles. The van der Waals surface area contributed by atoms with Gasteiger partial charge in [-0.15, -0.1) is 0 Å². The summed E-state index contributed by atoms with van der Waals surface area (Å²) in [5.74, 6) is 0.638. The van der Waals surface area contributed by atoms with Gasteiger partial charge in [0.1, 0.15) is 0 Å². The summed E-state index contributed by atoms with van der Waals surface area (Å²) in [6.07, 6.45) is 1.25. The molecule has 2 aromatic carbocycles. The van der Waals surface area contributed by atoms with Crippen LogP contribution >= 0.6 is 23.4 Å². The van der Waals surface area contributed by atoms with E-state index in [0.29, 0.717) is 12.0 Å². The molecule has 0 N–H and O–H groups in total. The molecule has 4 rings (SSSR count). The Kier molecular flexibility index (Phi) is 4.04. The van der Waals surface area contributed by atoms with Crippen molar-refractivity contribution in [3.8, 4) is 0 Å². The van der Waals surface area contributed by atoms with Crippen molar-refractivity contribution in [1.82, 2.24) is 4.90 Å². The number of nitrogens with zero attached hydrogens (tertiary/aromatic N) is 2. The second-order valence-electron chi connectivity index (χ2n) is 6.59. The summed E-state index contributed by atoms with van der Waals surface area (Å²) in [6.45, 7) is 2.36. The van der Waals surface area contributed by atoms with Crippen LogP contribution in [0.5, 0.6) is 0 Å². The number of likely N-dealkylation sites (N-methyl/N-ethyl adjacent to an activating group) is 2. The van der Waals surface area contributed by atoms with Crippen molar-refractivity contribution in [2.24, 2.45) is 0 Å². The van der Waals surface area contributed by atoms with Gasteiger partial charge < -0.3 is 9.80 Å². The van der Waals surface area contributed by atoms with E-state index in [9.17, 15) is 0 Å². The number of halogens is 1. The molecule has 120 valence electrons. The molecule has 1 fully saturated rings. The quantitative estimate of drug-likeness (QED) is 0.777. The summed E-state index contributed by atoms with van der Waals surface area (Å²) >= 11 is 7.84. The van der Waals surface area contributed by atoms with Crippen LogP contribution in [0, 0.1) is 0 Å². The standard InChI is InChI=1S/C19H21ClN2S/c1-21-11-10-17-16(12-21)15-4-3-5-18(19(15)22(17)2)23-14-8-6-13(20)7-9-14/h3-9,16-17H,10-12H2,1-2H3. The maximum atomic E-state index is 6.01. The van der Waals surface area contributed by atoms with Crippen molar-refractivity contribution in [3.63, 3.8) is 0 Å². The Bertz CT molecular complexity index is 716. The molecule has 0 amide bonds. The molecule has 0 spiro atoms. The number of piperidine rings is 1. The summed E-state index contributed by atoms with van der Waals surface area (Å²) < 4.78 is 0. The van der Waals surface area contributed by atoms with E-state index >= 15 is 0 Å². The van der Waals surface area contributed by atoms with E-state index in [-0.39, 0.29) is 0 Å². The second kappa shape index (κ2) is 6.04. The van der Waals surface area contributed by atoms with Gasteiger partial charge >= 0.3 is 0 Å². The van der Waals surface area contributed by atoms with Gasteiger partial charge in [-0.2, -0.15) is 0 Å². The molecular formula is C19H21ClN2S. The third kappa shape index (κ3) is 2.75. The highest BCUT2D eigenvalue weighted by Gasteiger charge is 2.40. The van der Waals surface area contributed by atoms with Crippen molar-refractivity contribution in [3.05, 3.63) is 53.1 Å². The van der Waals surface area contributed by atoms with Gasteiger partial charge in [-0.25, -0.2) is 0 Å². The maximum Gasteiger partial charge on any atom is 0.0544 e.